The standard InChI is InChI=1S/C16H13NO3/c1-3-7-14(19-10-11-9-18-11)12(5-1)16-17-13-6-2-4-8-15(13)20-16/h1-8,11H,9-10H2/t11-/m0/s1. The molecule has 1 saturated heterocycles. The average Bonchev–Trinajstić information content (AvgIpc) is 3.22. The third kappa shape index (κ3) is 2.14. The van der Waals surface area contributed by atoms with Crippen molar-refractivity contribution >= 4 is 11.1 Å². The van der Waals surface area contributed by atoms with E-state index in [-0.39, 0.29) is 6.10 Å². The molecule has 1 aliphatic heterocycles. The monoisotopic (exact) mass is 267 g/mol. The predicted molar refractivity (Wildman–Crippen MR) is 74.7 cm³/mol. The number of nitrogens with zero attached hydrogens (tertiary/aromatic N) is 1. The summed E-state index contributed by atoms with van der Waals surface area (Å²) in [7, 11) is 0. The highest BCUT2D eigenvalue weighted by Gasteiger charge is 2.24. The molecule has 1 fully saturated rings. The predicted octanol–water partition coefficient (Wildman–Crippen LogP) is 3.27. The van der Waals surface area contributed by atoms with Crippen LogP contribution in [-0.2, 0) is 4.74 Å². The zero-order valence-electron chi connectivity index (χ0n) is 10.8. The summed E-state index contributed by atoms with van der Waals surface area (Å²) >= 11 is 0. The van der Waals surface area contributed by atoms with Crippen molar-refractivity contribution in [3.8, 4) is 17.2 Å². The van der Waals surface area contributed by atoms with Crippen LogP contribution in [0.1, 0.15) is 0 Å². The van der Waals surface area contributed by atoms with Gasteiger partial charge in [0.05, 0.1) is 12.2 Å². The van der Waals surface area contributed by atoms with Gasteiger partial charge in [-0.05, 0) is 24.3 Å². The third-order valence-corrected chi connectivity index (χ3v) is 3.24. The van der Waals surface area contributed by atoms with Crippen molar-refractivity contribution in [3.05, 3.63) is 48.5 Å². The van der Waals surface area contributed by atoms with Crippen LogP contribution in [0.25, 0.3) is 22.6 Å². The highest BCUT2D eigenvalue weighted by Crippen LogP contribution is 2.32. The van der Waals surface area contributed by atoms with Crippen LogP contribution in [0, 0.1) is 0 Å². The summed E-state index contributed by atoms with van der Waals surface area (Å²) in [6.45, 7) is 1.35. The van der Waals surface area contributed by atoms with E-state index in [1.165, 1.54) is 0 Å². The van der Waals surface area contributed by atoms with Gasteiger partial charge in [0.2, 0.25) is 5.89 Å². The molecule has 0 unspecified atom stereocenters. The number of hydrogen-bond acceptors (Lipinski definition) is 4. The molecule has 1 aromatic heterocycles. The van der Waals surface area contributed by atoms with Gasteiger partial charge in [-0.1, -0.05) is 24.3 Å². The van der Waals surface area contributed by atoms with E-state index < -0.39 is 0 Å². The molecule has 2 heterocycles. The molecular weight excluding hydrogens is 254 g/mol. The lowest BCUT2D eigenvalue weighted by molar-refractivity contribution is 0.263. The molecule has 100 valence electrons. The number of epoxide rings is 1. The minimum absolute atomic E-state index is 0.228. The zero-order valence-corrected chi connectivity index (χ0v) is 10.8. The van der Waals surface area contributed by atoms with Gasteiger partial charge >= 0.3 is 0 Å². The molecule has 0 saturated carbocycles. The quantitative estimate of drug-likeness (QED) is 0.681. The largest absolute Gasteiger partial charge is 0.490 e. The van der Waals surface area contributed by atoms with E-state index in [9.17, 15) is 0 Å². The molecule has 20 heavy (non-hydrogen) atoms. The second-order valence-corrected chi connectivity index (χ2v) is 4.75. The Hall–Kier alpha value is -2.33. The third-order valence-electron chi connectivity index (χ3n) is 3.24. The van der Waals surface area contributed by atoms with E-state index in [4.69, 9.17) is 13.9 Å². The van der Waals surface area contributed by atoms with Crippen LogP contribution in [0.4, 0.5) is 0 Å². The van der Waals surface area contributed by atoms with Crippen LogP contribution in [0.15, 0.2) is 52.9 Å². The van der Waals surface area contributed by atoms with Crippen LogP contribution >= 0.6 is 0 Å². The molecule has 0 bridgehead atoms. The normalized spacial score (nSPS) is 17.3. The summed E-state index contributed by atoms with van der Waals surface area (Å²) in [6.07, 6.45) is 0.228. The van der Waals surface area contributed by atoms with Crippen LogP contribution in [0.5, 0.6) is 5.75 Å². The maximum absolute atomic E-state index is 5.79. The second-order valence-electron chi connectivity index (χ2n) is 4.75. The summed E-state index contributed by atoms with van der Waals surface area (Å²) in [5.74, 6) is 1.35. The van der Waals surface area contributed by atoms with E-state index >= 15 is 0 Å². The molecular formula is C16H13NO3. The van der Waals surface area contributed by atoms with Gasteiger partial charge < -0.3 is 13.9 Å². The van der Waals surface area contributed by atoms with E-state index in [1.54, 1.807) is 0 Å². The van der Waals surface area contributed by atoms with Gasteiger partial charge in [0.1, 0.15) is 24.0 Å². The molecule has 0 radical (unpaired) electrons. The molecule has 0 spiro atoms. The number of rotatable bonds is 4. The first-order chi connectivity index (χ1) is 9.90. The number of benzene rings is 2. The Balaban J connectivity index is 1.72. The maximum atomic E-state index is 5.79. The minimum Gasteiger partial charge on any atom is -0.490 e. The van der Waals surface area contributed by atoms with Crippen LogP contribution < -0.4 is 4.74 Å². The highest BCUT2D eigenvalue weighted by atomic mass is 16.6. The number of para-hydroxylation sites is 3. The summed E-state index contributed by atoms with van der Waals surface area (Å²) in [4.78, 5) is 4.51. The fourth-order valence-corrected chi connectivity index (χ4v) is 2.10. The van der Waals surface area contributed by atoms with Gasteiger partial charge in [0.15, 0.2) is 5.58 Å². The minimum atomic E-state index is 0.228. The number of oxazole rings is 1. The van der Waals surface area contributed by atoms with Crippen LogP contribution in [-0.4, -0.2) is 24.3 Å². The van der Waals surface area contributed by atoms with Gasteiger partial charge in [0, 0.05) is 0 Å². The molecule has 4 nitrogen and oxygen atoms in total. The van der Waals surface area contributed by atoms with Crippen molar-refractivity contribution in [2.45, 2.75) is 6.10 Å². The average molecular weight is 267 g/mol. The van der Waals surface area contributed by atoms with E-state index in [1.807, 2.05) is 48.5 Å². The smallest absolute Gasteiger partial charge is 0.231 e. The molecule has 0 N–H and O–H groups in total. The molecule has 0 aliphatic carbocycles. The van der Waals surface area contributed by atoms with Gasteiger partial charge in [0.25, 0.3) is 0 Å². The van der Waals surface area contributed by atoms with E-state index in [0.717, 1.165) is 29.0 Å². The molecule has 4 rings (SSSR count). The van der Waals surface area contributed by atoms with Crippen molar-refractivity contribution < 1.29 is 13.9 Å². The van der Waals surface area contributed by atoms with Gasteiger partial charge in [-0.2, -0.15) is 0 Å². The number of hydrogen-bond donors (Lipinski definition) is 0. The first kappa shape index (κ1) is 11.5. The molecule has 3 aromatic rings. The first-order valence-corrected chi connectivity index (χ1v) is 6.59. The van der Waals surface area contributed by atoms with E-state index in [0.29, 0.717) is 12.5 Å². The summed E-state index contributed by atoms with van der Waals surface area (Å²) in [6, 6.07) is 15.5. The number of aromatic nitrogens is 1. The number of fused-ring (bicyclic) bond motifs is 1. The topological polar surface area (TPSA) is 47.8 Å². The van der Waals surface area contributed by atoms with E-state index in [2.05, 4.69) is 4.98 Å². The molecule has 1 aliphatic rings. The van der Waals surface area contributed by atoms with Crippen LogP contribution in [0.3, 0.4) is 0 Å². The zero-order chi connectivity index (χ0) is 13.4. The van der Waals surface area contributed by atoms with Crippen molar-refractivity contribution in [2.24, 2.45) is 0 Å². The summed E-state index contributed by atoms with van der Waals surface area (Å²) < 4.78 is 16.7. The van der Waals surface area contributed by atoms with Crippen molar-refractivity contribution in [1.29, 1.82) is 0 Å². The lowest BCUT2D eigenvalue weighted by atomic mass is 10.2. The molecule has 0 amide bonds. The Kier molecular flexibility index (Phi) is 2.67. The Morgan fingerprint density at radius 2 is 1.90 bits per heavy atom. The van der Waals surface area contributed by atoms with Crippen molar-refractivity contribution in [2.75, 3.05) is 13.2 Å². The first-order valence-electron chi connectivity index (χ1n) is 6.59. The van der Waals surface area contributed by atoms with Crippen molar-refractivity contribution in [3.63, 3.8) is 0 Å². The Labute approximate surface area is 116 Å². The molecule has 2 aromatic carbocycles. The Morgan fingerprint density at radius 1 is 1.10 bits per heavy atom. The lowest BCUT2D eigenvalue weighted by Crippen LogP contribution is -2.04. The Morgan fingerprint density at radius 3 is 2.75 bits per heavy atom. The SMILES string of the molecule is c1ccc(-c2nc3ccccc3o2)c(OC[C@@H]2CO2)c1. The second kappa shape index (κ2) is 4.65. The fraction of sp³-hybridized carbons (Fsp3) is 0.188. The highest BCUT2D eigenvalue weighted by molar-refractivity contribution is 5.77. The van der Waals surface area contributed by atoms with Crippen LogP contribution in [0.2, 0.25) is 0 Å². The van der Waals surface area contributed by atoms with Gasteiger partial charge in [-0.25, -0.2) is 4.98 Å². The van der Waals surface area contributed by atoms with Crippen molar-refractivity contribution in [1.82, 2.24) is 4.98 Å². The summed E-state index contributed by atoms with van der Waals surface area (Å²) in [5.41, 5.74) is 2.50. The number of ether oxygens (including phenoxy) is 2. The maximum Gasteiger partial charge on any atom is 0.231 e. The molecule has 1 atom stereocenters. The van der Waals surface area contributed by atoms with Gasteiger partial charge in [-0.3, -0.25) is 0 Å². The molecule has 4 heteroatoms. The fourth-order valence-electron chi connectivity index (χ4n) is 2.10. The summed E-state index contributed by atoms with van der Waals surface area (Å²) in [5, 5.41) is 0. The van der Waals surface area contributed by atoms with Gasteiger partial charge in [-0.15, -0.1) is 0 Å². The Bertz CT molecular complexity index is 713. The lowest BCUT2D eigenvalue weighted by Gasteiger charge is -2.07.